The first-order valence-electron chi connectivity index (χ1n) is 5.29. The number of hydrogen-bond donors (Lipinski definition) is 3. The number of piperidine rings is 1. The van der Waals surface area contributed by atoms with Crippen LogP contribution in [0.25, 0.3) is 0 Å². The second-order valence-corrected chi connectivity index (χ2v) is 5.92. The smallest absolute Gasteiger partial charge is 0.257 e. The fraction of sp³-hybridized carbons (Fsp3) is 0.667. The number of hydrogen-bond acceptors (Lipinski definition) is 4. The highest BCUT2D eigenvalue weighted by molar-refractivity contribution is 7.89. The largest absolute Gasteiger partial charge is 0.335 e. The van der Waals surface area contributed by atoms with Gasteiger partial charge >= 0.3 is 0 Å². The van der Waals surface area contributed by atoms with Crippen LogP contribution in [0.15, 0.2) is 17.6 Å². The molecule has 2 atom stereocenters. The van der Waals surface area contributed by atoms with Crippen molar-refractivity contribution in [3.05, 3.63) is 12.5 Å². The molecule has 0 spiro atoms. The third-order valence-electron chi connectivity index (χ3n) is 2.65. The van der Waals surface area contributed by atoms with Gasteiger partial charge in [0.1, 0.15) is 0 Å². The van der Waals surface area contributed by atoms with Crippen LogP contribution >= 0.6 is 0 Å². The van der Waals surface area contributed by atoms with Crippen LogP contribution in [0.5, 0.6) is 0 Å². The molecule has 1 aromatic heterocycles. The van der Waals surface area contributed by atoms with Crippen LogP contribution in [0.2, 0.25) is 0 Å². The zero-order valence-electron chi connectivity index (χ0n) is 9.10. The van der Waals surface area contributed by atoms with Gasteiger partial charge in [0, 0.05) is 12.6 Å². The Balaban J connectivity index is 2.04. The van der Waals surface area contributed by atoms with Crippen molar-refractivity contribution in [2.45, 2.75) is 24.4 Å². The summed E-state index contributed by atoms with van der Waals surface area (Å²) in [5, 5.41) is 3.32. The molecule has 3 N–H and O–H groups in total. The minimum atomic E-state index is -3.45. The molecule has 90 valence electrons. The van der Waals surface area contributed by atoms with Crippen LogP contribution in [0, 0.1) is 5.92 Å². The lowest BCUT2D eigenvalue weighted by atomic mass is 9.99. The maximum atomic E-state index is 11.9. The standard InChI is InChI=1S/C9H16N4O2S/c1-7-2-8(4-10-3-7)13-16(14,15)9-5-11-6-12-9/h5-8,10,13H,2-4H2,1H3,(H,11,12). The topological polar surface area (TPSA) is 86.9 Å². The molecule has 0 saturated carbocycles. The second kappa shape index (κ2) is 4.52. The summed E-state index contributed by atoms with van der Waals surface area (Å²) in [6, 6.07) is -0.0444. The number of H-pyrrole nitrogens is 1. The van der Waals surface area contributed by atoms with Crippen LogP contribution in [-0.4, -0.2) is 37.5 Å². The Hall–Kier alpha value is -0.920. The average Bonchev–Trinajstić information content (AvgIpc) is 2.69. The molecule has 2 heterocycles. The third-order valence-corrected chi connectivity index (χ3v) is 4.10. The fourth-order valence-corrected chi connectivity index (χ4v) is 3.07. The number of rotatable bonds is 3. The van der Waals surface area contributed by atoms with E-state index in [1.165, 1.54) is 12.5 Å². The van der Waals surface area contributed by atoms with Crippen molar-refractivity contribution in [3.63, 3.8) is 0 Å². The lowest BCUT2D eigenvalue weighted by molar-refractivity contribution is 0.346. The predicted molar refractivity (Wildman–Crippen MR) is 59.3 cm³/mol. The van der Waals surface area contributed by atoms with E-state index >= 15 is 0 Å². The predicted octanol–water partition coefficient (Wildman–Crippen LogP) is -0.314. The monoisotopic (exact) mass is 244 g/mol. The Morgan fingerprint density at radius 2 is 2.31 bits per heavy atom. The summed E-state index contributed by atoms with van der Waals surface area (Å²) in [5.74, 6) is 0.489. The van der Waals surface area contributed by atoms with Crippen molar-refractivity contribution in [2.75, 3.05) is 13.1 Å². The number of sulfonamides is 1. The van der Waals surface area contributed by atoms with Crippen molar-refractivity contribution in [2.24, 2.45) is 5.92 Å². The summed E-state index contributed by atoms with van der Waals surface area (Å²) < 4.78 is 26.4. The van der Waals surface area contributed by atoms with Gasteiger partial charge in [0.2, 0.25) is 0 Å². The normalized spacial score (nSPS) is 26.8. The molecule has 7 heteroatoms. The third kappa shape index (κ3) is 2.60. The van der Waals surface area contributed by atoms with Gasteiger partial charge in [0.05, 0.1) is 12.5 Å². The SMILES string of the molecule is CC1CNCC(NS(=O)(=O)c2cnc[nH]2)C1. The molecule has 0 radical (unpaired) electrons. The van der Waals surface area contributed by atoms with Crippen LogP contribution in [0.3, 0.4) is 0 Å². The molecule has 6 nitrogen and oxygen atoms in total. The number of aromatic amines is 1. The van der Waals surface area contributed by atoms with E-state index in [0.29, 0.717) is 12.5 Å². The first-order valence-corrected chi connectivity index (χ1v) is 6.77. The highest BCUT2D eigenvalue weighted by Gasteiger charge is 2.24. The average molecular weight is 244 g/mol. The molecule has 1 aliphatic rings. The summed E-state index contributed by atoms with van der Waals surface area (Å²) in [7, 11) is -3.45. The molecular weight excluding hydrogens is 228 g/mol. The Kier molecular flexibility index (Phi) is 3.27. The summed E-state index contributed by atoms with van der Waals surface area (Å²) in [6.07, 6.45) is 3.53. The summed E-state index contributed by atoms with van der Waals surface area (Å²) >= 11 is 0. The molecule has 0 bridgehead atoms. The summed E-state index contributed by atoms with van der Waals surface area (Å²) in [4.78, 5) is 6.30. The molecule has 1 aromatic rings. The van der Waals surface area contributed by atoms with Gasteiger partial charge in [0.25, 0.3) is 10.0 Å². The number of aromatic nitrogens is 2. The molecule has 2 rings (SSSR count). The van der Waals surface area contributed by atoms with E-state index in [2.05, 4.69) is 26.9 Å². The first-order chi connectivity index (χ1) is 7.58. The Bertz CT molecular complexity index is 428. The van der Waals surface area contributed by atoms with Crippen LogP contribution in [-0.2, 0) is 10.0 Å². The molecule has 1 saturated heterocycles. The van der Waals surface area contributed by atoms with Crippen molar-refractivity contribution in [1.82, 2.24) is 20.0 Å². The molecule has 0 amide bonds. The lowest BCUT2D eigenvalue weighted by Crippen LogP contribution is -2.48. The highest BCUT2D eigenvalue weighted by Crippen LogP contribution is 2.12. The van der Waals surface area contributed by atoms with E-state index in [9.17, 15) is 8.42 Å². The Morgan fingerprint density at radius 3 is 2.94 bits per heavy atom. The van der Waals surface area contributed by atoms with Gasteiger partial charge in [-0.3, -0.25) is 0 Å². The maximum Gasteiger partial charge on any atom is 0.257 e. The molecule has 0 aliphatic carbocycles. The van der Waals surface area contributed by atoms with Crippen molar-refractivity contribution >= 4 is 10.0 Å². The molecule has 1 fully saturated rings. The first kappa shape index (κ1) is 11.6. The molecular formula is C9H16N4O2S. The number of nitrogens with one attached hydrogen (secondary N) is 3. The van der Waals surface area contributed by atoms with Gasteiger partial charge in [-0.05, 0) is 18.9 Å². The van der Waals surface area contributed by atoms with E-state index in [4.69, 9.17) is 0 Å². The second-order valence-electron chi connectivity index (χ2n) is 4.23. The van der Waals surface area contributed by atoms with Crippen LogP contribution in [0.4, 0.5) is 0 Å². The minimum Gasteiger partial charge on any atom is -0.335 e. The summed E-state index contributed by atoms with van der Waals surface area (Å²) in [6.45, 7) is 3.73. The Morgan fingerprint density at radius 1 is 1.50 bits per heavy atom. The number of nitrogens with zero attached hydrogens (tertiary/aromatic N) is 1. The van der Waals surface area contributed by atoms with Gasteiger partial charge in [-0.2, -0.15) is 0 Å². The van der Waals surface area contributed by atoms with E-state index in [1.54, 1.807) is 0 Å². The van der Waals surface area contributed by atoms with Crippen LogP contribution in [0.1, 0.15) is 13.3 Å². The van der Waals surface area contributed by atoms with Gasteiger partial charge in [-0.1, -0.05) is 6.92 Å². The lowest BCUT2D eigenvalue weighted by Gasteiger charge is -2.27. The molecule has 2 unspecified atom stereocenters. The zero-order valence-corrected chi connectivity index (χ0v) is 9.92. The minimum absolute atomic E-state index is 0.0444. The molecule has 1 aliphatic heterocycles. The van der Waals surface area contributed by atoms with Gasteiger partial charge < -0.3 is 10.3 Å². The van der Waals surface area contributed by atoms with E-state index < -0.39 is 10.0 Å². The van der Waals surface area contributed by atoms with Gasteiger partial charge in [0.15, 0.2) is 5.03 Å². The van der Waals surface area contributed by atoms with Crippen molar-refractivity contribution in [1.29, 1.82) is 0 Å². The van der Waals surface area contributed by atoms with E-state index in [0.717, 1.165) is 13.0 Å². The van der Waals surface area contributed by atoms with Gasteiger partial charge in [-0.15, -0.1) is 0 Å². The maximum absolute atomic E-state index is 11.9. The quantitative estimate of drug-likeness (QED) is 0.680. The summed E-state index contributed by atoms with van der Waals surface area (Å²) in [5.41, 5.74) is 0. The number of imidazole rings is 1. The highest BCUT2D eigenvalue weighted by atomic mass is 32.2. The van der Waals surface area contributed by atoms with E-state index in [-0.39, 0.29) is 11.1 Å². The fourth-order valence-electron chi connectivity index (χ4n) is 1.92. The molecule has 16 heavy (non-hydrogen) atoms. The van der Waals surface area contributed by atoms with Crippen LogP contribution < -0.4 is 10.0 Å². The molecule has 0 aromatic carbocycles. The van der Waals surface area contributed by atoms with Gasteiger partial charge in [-0.25, -0.2) is 18.1 Å². The van der Waals surface area contributed by atoms with Crippen molar-refractivity contribution in [3.8, 4) is 0 Å². The van der Waals surface area contributed by atoms with E-state index in [1.807, 2.05) is 0 Å². The van der Waals surface area contributed by atoms with Crippen molar-refractivity contribution < 1.29 is 8.42 Å². The Labute approximate surface area is 94.9 Å². The zero-order chi connectivity index (χ0) is 11.6.